The van der Waals surface area contributed by atoms with E-state index in [4.69, 9.17) is 5.73 Å². The van der Waals surface area contributed by atoms with Gasteiger partial charge in [-0.15, -0.1) is 0 Å². The average molecular weight is 295 g/mol. The lowest BCUT2D eigenvalue weighted by atomic mass is 10.1. The van der Waals surface area contributed by atoms with Gasteiger partial charge in [-0.25, -0.2) is 9.78 Å². The number of fused-ring (bicyclic) bond motifs is 1. The van der Waals surface area contributed by atoms with Gasteiger partial charge < -0.3 is 15.4 Å². The first-order valence-corrected chi connectivity index (χ1v) is 7.05. The number of carboxylic acid groups (broad SMARTS) is 1. The largest absolute Gasteiger partial charge is 0.480 e. The number of carbonyl (C=O) groups is 1. The topological polar surface area (TPSA) is 81.1 Å². The fourth-order valence-electron chi connectivity index (χ4n) is 2.55. The molecule has 3 N–H and O–H groups in total. The van der Waals surface area contributed by atoms with Crippen LogP contribution in [-0.4, -0.2) is 20.6 Å². The van der Waals surface area contributed by atoms with E-state index in [-0.39, 0.29) is 0 Å². The van der Waals surface area contributed by atoms with Crippen molar-refractivity contribution in [2.75, 3.05) is 5.73 Å². The fourth-order valence-corrected chi connectivity index (χ4v) is 2.55. The molecule has 5 nitrogen and oxygen atoms in total. The molecule has 2 aromatic carbocycles. The molecule has 0 amide bonds. The summed E-state index contributed by atoms with van der Waals surface area (Å²) in [5, 5.41) is 9.42. The van der Waals surface area contributed by atoms with Crippen LogP contribution in [0.2, 0.25) is 0 Å². The zero-order valence-corrected chi connectivity index (χ0v) is 12.4. The Morgan fingerprint density at radius 3 is 2.55 bits per heavy atom. The molecule has 0 fully saturated rings. The molecule has 0 aliphatic carbocycles. The molecule has 3 aromatic rings. The number of nitrogens with zero attached hydrogens (tertiary/aromatic N) is 2. The van der Waals surface area contributed by atoms with Gasteiger partial charge in [0.15, 0.2) is 0 Å². The number of carboxylic acids is 1. The van der Waals surface area contributed by atoms with E-state index in [1.807, 2.05) is 43.3 Å². The van der Waals surface area contributed by atoms with Crippen LogP contribution in [0.25, 0.3) is 22.4 Å². The number of hydrogen-bond acceptors (Lipinski definition) is 3. The third kappa shape index (κ3) is 2.20. The summed E-state index contributed by atoms with van der Waals surface area (Å²) in [5.74, 6) is -0.294. The average Bonchev–Trinajstić information content (AvgIpc) is 2.88. The van der Waals surface area contributed by atoms with E-state index in [0.717, 1.165) is 16.6 Å². The summed E-state index contributed by atoms with van der Waals surface area (Å²) < 4.78 is 1.72. The lowest BCUT2D eigenvalue weighted by Crippen LogP contribution is -2.16. The Kier molecular flexibility index (Phi) is 3.33. The van der Waals surface area contributed by atoms with E-state index < -0.39 is 12.0 Å². The first-order valence-electron chi connectivity index (χ1n) is 7.05. The number of para-hydroxylation sites is 1. The van der Waals surface area contributed by atoms with Gasteiger partial charge in [0.1, 0.15) is 17.4 Å². The van der Waals surface area contributed by atoms with Gasteiger partial charge >= 0.3 is 5.97 Å². The van der Waals surface area contributed by atoms with Crippen LogP contribution in [0.4, 0.5) is 5.69 Å². The zero-order chi connectivity index (χ0) is 15.9. The van der Waals surface area contributed by atoms with E-state index in [0.29, 0.717) is 17.0 Å². The molecular weight excluding hydrogens is 278 g/mol. The summed E-state index contributed by atoms with van der Waals surface area (Å²) in [4.78, 5) is 16.1. The van der Waals surface area contributed by atoms with E-state index in [1.165, 1.54) is 0 Å². The first kappa shape index (κ1) is 14.1. The minimum atomic E-state index is -0.907. The Balaban J connectivity index is 2.33. The fraction of sp³-hybridized carbons (Fsp3) is 0.176. The standard InChI is InChI=1S/C17H17N3O2/c1-10-6-8-12(9-7-10)16-19-15-13(18)4-3-5-14(15)20(16)11(2)17(21)22/h3-9,11H,18H2,1-2H3,(H,21,22). The summed E-state index contributed by atoms with van der Waals surface area (Å²) in [5.41, 5.74) is 9.90. The molecular formula is C17H17N3O2. The quantitative estimate of drug-likeness (QED) is 0.727. The van der Waals surface area contributed by atoms with Crippen LogP contribution in [0, 0.1) is 6.92 Å². The monoisotopic (exact) mass is 295 g/mol. The van der Waals surface area contributed by atoms with Crippen LogP contribution in [0.15, 0.2) is 42.5 Å². The van der Waals surface area contributed by atoms with Crippen molar-refractivity contribution < 1.29 is 9.90 Å². The van der Waals surface area contributed by atoms with Crippen molar-refractivity contribution in [1.82, 2.24) is 9.55 Å². The molecule has 22 heavy (non-hydrogen) atoms. The second-order valence-electron chi connectivity index (χ2n) is 5.40. The van der Waals surface area contributed by atoms with Crippen LogP contribution in [0.3, 0.4) is 0 Å². The molecule has 0 radical (unpaired) electrons. The number of nitrogens with two attached hydrogens (primary N) is 1. The zero-order valence-electron chi connectivity index (χ0n) is 12.4. The maximum absolute atomic E-state index is 11.5. The number of rotatable bonds is 3. The molecule has 112 valence electrons. The summed E-state index contributed by atoms with van der Waals surface area (Å²) >= 11 is 0. The van der Waals surface area contributed by atoms with Gasteiger partial charge in [0.25, 0.3) is 0 Å². The first-order chi connectivity index (χ1) is 10.5. The van der Waals surface area contributed by atoms with Crippen molar-refractivity contribution in [3.05, 3.63) is 48.0 Å². The van der Waals surface area contributed by atoms with Crippen molar-refractivity contribution in [3.63, 3.8) is 0 Å². The van der Waals surface area contributed by atoms with E-state index in [1.54, 1.807) is 17.6 Å². The molecule has 0 bridgehead atoms. The van der Waals surface area contributed by atoms with E-state index >= 15 is 0 Å². The van der Waals surface area contributed by atoms with Gasteiger partial charge in [-0.05, 0) is 26.0 Å². The van der Waals surface area contributed by atoms with Gasteiger partial charge in [0.2, 0.25) is 0 Å². The highest BCUT2D eigenvalue weighted by atomic mass is 16.4. The third-order valence-corrected chi connectivity index (χ3v) is 3.81. The molecule has 0 saturated carbocycles. The minimum Gasteiger partial charge on any atom is -0.480 e. The molecule has 3 rings (SSSR count). The van der Waals surface area contributed by atoms with Crippen LogP contribution < -0.4 is 5.73 Å². The molecule has 0 spiro atoms. The normalized spacial score (nSPS) is 12.5. The maximum atomic E-state index is 11.5. The molecule has 1 heterocycles. The number of imidazole rings is 1. The molecule has 0 saturated heterocycles. The second-order valence-corrected chi connectivity index (χ2v) is 5.40. The lowest BCUT2D eigenvalue weighted by molar-refractivity contribution is -0.140. The van der Waals surface area contributed by atoms with Gasteiger partial charge in [-0.2, -0.15) is 0 Å². The summed E-state index contributed by atoms with van der Waals surface area (Å²) in [6.45, 7) is 3.65. The highest BCUT2D eigenvalue weighted by Gasteiger charge is 2.22. The maximum Gasteiger partial charge on any atom is 0.326 e. The van der Waals surface area contributed by atoms with Crippen molar-refractivity contribution in [2.45, 2.75) is 19.9 Å². The third-order valence-electron chi connectivity index (χ3n) is 3.81. The van der Waals surface area contributed by atoms with Crippen molar-refractivity contribution in [3.8, 4) is 11.4 Å². The Morgan fingerprint density at radius 1 is 1.23 bits per heavy atom. The summed E-state index contributed by atoms with van der Waals surface area (Å²) in [6, 6.07) is 12.5. The number of aromatic nitrogens is 2. The van der Waals surface area contributed by atoms with Crippen molar-refractivity contribution >= 4 is 22.7 Å². The van der Waals surface area contributed by atoms with Gasteiger partial charge in [-0.1, -0.05) is 35.9 Å². The highest BCUT2D eigenvalue weighted by Crippen LogP contribution is 2.31. The number of benzene rings is 2. The molecule has 1 unspecified atom stereocenters. The number of hydrogen-bond donors (Lipinski definition) is 2. The van der Waals surface area contributed by atoms with E-state index in [9.17, 15) is 9.90 Å². The number of anilines is 1. The summed E-state index contributed by atoms with van der Waals surface area (Å²) in [7, 11) is 0. The Morgan fingerprint density at radius 2 is 1.91 bits per heavy atom. The summed E-state index contributed by atoms with van der Waals surface area (Å²) in [6.07, 6.45) is 0. The second kappa shape index (κ2) is 5.18. The van der Waals surface area contributed by atoms with Crippen molar-refractivity contribution in [1.29, 1.82) is 0 Å². The molecule has 5 heteroatoms. The van der Waals surface area contributed by atoms with Gasteiger partial charge in [0, 0.05) is 5.56 Å². The predicted molar refractivity (Wildman–Crippen MR) is 86.7 cm³/mol. The van der Waals surface area contributed by atoms with Gasteiger partial charge in [0.05, 0.1) is 11.2 Å². The number of aryl methyl sites for hydroxylation is 1. The SMILES string of the molecule is Cc1ccc(-c2nc3c(N)cccc3n2C(C)C(=O)O)cc1. The molecule has 0 aliphatic heterocycles. The predicted octanol–water partition coefficient (Wildman–Crippen LogP) is 3.24. The molecule has 1 atom stereocenters. The lowest BCUT2D eigenvalue weighted by Gasteiger charge is -2.14. The Labute approximate surface area is 128 Å². The Bertz CT molecular complexity index is 850. The number of aliphatic carboxylic acids is 1. The highest BCUT2D eigenvalue weighted by molar-refractivity contribution is 5.91. The van der Waals surface area contributed by atoms with Crippen LogP contribution >= 0.6 is 0 Å². The van der Waals surface area contributed by atoms with Crippen molar-refractivity contribution in [2.24, 2.45) is 0 Å². The van der Waals surface area contributed by atoms with E-state index in [2.05, 4.69) is 4.98 Å². The smallest absolute Gasteiger partial charge is 0.326 e. The van der Waals surface area contributed by atoms with Crippen LogP contribution in [-0.2, 0) is 4.79 Å². The van der Waals surface area contributed by atoms with Gasteiger partial charge in [-0.3, -0.25) is 0 Å². The van der Waals surface area contributed by atoms with Crippen LogP contribution in [0.5, 0.6) is 0 Å². The molecule has 1 aromatic heterocycles. The van der Waals surface area contributed by atoms with Crippen LogP contribution in [0.1, 0.15) is 18.5 Å². The minimum absolute atomic E-state index is 0.544. The molecule has 0 aliphatic rings. The Hall–Kier alpha value is -2.82. The number of nitrogen functional groups attached to an aromatic ring is 1.